The lowest BCUT2D eigenvalue weighted by molar-refractivity contribution is -0.121. The summed E-state index contributed by atoms with van der Waals surface area (Å²) in [6.45, 7) is 0.552. The first-order chi connectivity index (χ1) is 10.2. The zero-order chi connectivity index (χ0) is 15.1. The van der Waals surface area contributed by atoms with E-state index in [4.69, 9.17) is 10.9 Å². The molecule has 1 saturated carbocycles. The van der Waals surface area contributed by atoms with Crippen LogP contribution >= 0.6 is 0 Å². The monoisotopic (exact) mass is 290 g/mol. The average molecular weight is 290 g/mol. The summed E-state index contributed by atoms with van der Waals surface area (Å²) in [7, 11) is 0. The van der Waals surface area contributed by atoms with Gasteiger partial charge in [0.2, 0.25) is 5.91 Å². The summed E-state index contributed by atoms with van der Waals surface area (Å²) >= 11 is 0. The van der Waals surface area contributed by atoms with Gasteiger partial charge in [0.1, 0.15) is 5.84 Å². The molecule has 1 unspecified atom stereocenters. The highest BCUT2D eigenvalue weighted by Gasteiger charge is 2.23. The SMILES string of the molecule is NC(CC(NCCC(=O)NC1CC1)c1ccccc1)=NO. The molecule has 2 rings (SSSR count). The Morgan fingerprint density at radius 2 is 2.10 bits per heavy atom. The zero-order valence-corrected chi connectivity index (χ0v) is 12.0. The van der Waals surface area contributed by atoms with Gasteiger partial charge in [0.25, 0.3) is 0 Å². The molecule has 0 aliphatic heterocycles. The van der Waals surface area contributed by atoms with Crippen LogP contribution in [0.2, 0.25) is 0 Å². The number of nitrogens with two attached hydrogens (primary N) is 1. The minimum absolute atomic E-state index is 0.0700. The average Bonchev–Trinajstić information content (AvgIpc) is 3.30. The lowest BCUT2D eigenvalue weighted by Gasteiger charge is -2.18. The van der Waals surface area contributed by atoms with Crippen molar-refractivity contribution < 1.29 is 10.0 Å². The molecule has 0 radical (unpaired) electrons. The topological polar surface area (TPSA) is 99.7 Å². The summed E-state index contributed by atoms with van der Waals surface area (Å²) in [5.41, 5.74) is 6.65. The Morgan fingerprint density at radius 1 is 1.38 bits per heavy atom. The Labute approximate surface area is 124 Å². The summed E-state index contributed by atoms with van der Waals surface area (Å²) in [6.07, 6.45) is 3.01. The lowest BCUT2D eigenvalue weighted by atomic mass is 10.0. The molecule has 21 heavy (non-hydrogen) atoms. The second-order valence-electron chi connectivity index (χ2n) is 5.30. The van der Waals surface area contributed by atoms with E-state index >= 15 is 0 Å². The molecule has 0 spiro atoms. The Bertz CT molecular complexity index is 486. The molecule has 1 aliphatic carbocycles. The molecular formula is C15H22N4O2. The molecule has 0 saturated heterocycles. The van der Waals surface area contributed by atoms with Crippen LogP contribution in [0.25, 0.3) is 0 Å². The molecule has 6 heteroatoms. The molecule has 5 N–H and O–H groups in total. The van der Waals surface area contributed by atoms with Crippen molar-refractivity contribution in [2.75, 3.05) is 6.54 Å². The predicted octanol–water partition coefficient (Wildman–Crippen LogP) is 1.12. The van der Waals surface area contributed by atoms with Crippen LogP contribution in [0.15, 0.2) is 35.5 Å². The molecule has 1 aliphatic rings. The van der Waals surface area contributed by atoms with Crippen LogP contribution in [0, 0.1) is 0 Å². The molecule has 0 aromatic heterocycles. The van der Waals surface area contributed by atoms with E-state index in [0.717, 1.165) is 18.4 Å². The van der Waals surface area contributed by atoms with Gasteiger partial charge >= 0.3 is 0 Å². The van der Waals surface area contributed by atoms with Crippen molar-refractivity contribution in [2.24, 2.45) is 10.9 Å². The van der Waals surface area contributed by atoms with Gasteiger partial charge in [-0.25, -0.2) is 0 Å². The van der Waals surface area contributed by atoms with E-state index in [1.807, 2.05) is 30.3 Å². The summed E-state index contributed by atoms with van der Waals surface area (Å²) in [5.74, 6) is 0.236. The van der Waals surface area contributed by atoms with E-state index < -0.39 is 0 Å². The Balaban J connectivity index is 1.84. The van der Waals surface area contributed by atoms with Gasteiger partial charge in [-0.2, -0.15) is 0 Å². The van der Waals surface area contributed by atoms with Gasteiger partial charge in [-0.1, -0.05) is 35.5 Å². The number of nitrogens with zero attached hydrogens (tertiary/aromatic N) is 1. The van der Waals surface area contributed by atoms with Gasteiger partial charge in [-0.3, -0.25) is 4.79 Å². The fourth-order valence-corrected chi connectivity index (χ4v) is 2.13. The molecule has 114 valence electrons. The number of nitrogens with one attached hydrogen (secondary N) is 2. The first-order valence-electron chi connectivity index (χ1n) is 7.23. The molecule has 1 fully saturated rings. The van der Waals surface area contributed by atoms with Gasteiger partial charge < -0.3 is 21.6 Å². The molecule has 0 heterocycles. The molecule has 1 amide bonds. The highest BCUT2D eigenvalue weighted by atomic mass is 16.4. The van der Waals surface area contributed by atoms with Crippen LogP contribution < -0.4 is 16.4 Å². The molecule has 1 aromatic carbocycles. The van der Waals surface area contributed by atoms with E-state index in [1.165, 1.54) is 0 Å². The third-order valence-corrected chi connectivity index (χ3v) is 3.43. The van der Waals surface area contributed by atoms with Crippen molar-refractivity contribution in [3.05, 3.63) is 35.9 Å². The smallest absolute Gasteiger partial charge is 0.221 e. The highest BCUT2D eigenvalue weighted by Crippen LogP contribution is 2.19. The van der Waals surface area contributed by atoms with Crippen molar-refractivity contribution in [1.82, 2.24) is 10.6 Å². The number of amides is 1. The summed E-state index contributed by atoms with van der Waals surface area (Å²) in [4.78, 5) is 11.7. The standard InChI is InChI=1S/C15H22N4O2/c16-14(19-21)10-13(11-4-2-1-3-5-11)17-9-8-15(20)18-12-6-7-12/h1-5,12-13,17,21H,6-10H2,(H2,16,19)(H,18,20). The zero-order valence-electron chi connectivity index (χ0n) is 12.0. The molecule has 6 nitrogen and oxygen atoms in total. The molecule has 1 atom stereocenters. The number of hydrogen-bond acceptors (Lipinski definition) is 4. The van der Waals surface area contributed by atoms with Gasteiger partial charge in [0.05, 0.1) is 0 Å². The molecular weight excluding hydrogens is 268 g/mol. The summed E-state index contributed by atoms with van der Waals surface area (Å²) in [6, 6.07) is 10.1. The largest absolute Gasteiger partial charge is 0.409 e. The Hall–Kier alpha value is -2.08. The van der Waals surface area contributed by atoms with Crippen LogP contribution in [0.3, 0.4) is 0 Å². The quantitative estimate of drug-likeness (QED) is 0.249. The van der Waals surface area contributed by atoms with Crippen molar-refractivity contribution in [3.8, 4) is 0 Å². The van der Waals surface area contributed by atoms with E-state index in [9.17, 15) is 4.79 Å². The van der Waals surface area contributed by atoms with E-state index in [2.05, 4.69) is 15.8 Å². The van der Waals surface area contributed by atoms with Crippen LogP contribution in [0.4, 0.5) is 0 Å². The van der Waals surface area contributed by atoms with Crippen LogP contribution in [-0.2, 0) is 4.79 Å². The maximum Gasteiger partial charge on any atom is 0.221 e. The maximum absolute atomic E-state index is 11.7. The fourth-order valence-electron chi connectivity index (χ4n) is 2.13. The van der Waals surface area contributed by atoms with Crippen molar-refractivity contribution in [2.45, 2.75) is 37.8 Å². The summed E-state index contributed by atoms with van der Waals surface area (Å²) < 4.78 is 0. The lowest BCUT2D eigenvalue weighted by Crippen LogP contribution is -2.32. The number of hydrogen-bond donors (Lipinski definition) is 4. The van der Waals surface area contributed by atoms with Crippen molar-refractivity contribution in [3.63, 3.8) is 0 Å². The van der Waals surface area contributed by atoms with Gasteiger partial charge in [-0.05, 0) is 18.4 Å². The van der Waals surface area contributed by atoms with Crippen LogP contribution in [-0.4, -0.2) is 29.5 Å². The van der Waals surface area contributed by atoms with Crippen LogP contribution in [0.1, 0.15) is 37.3 Å². The van der Waals surface area contributed by atoms with Crippen LogP contribution in [0.5, 0.6) is 0 Å². The number of amidine groups is 1. The van der Waals surface area contributed by atoms with E-state index in [1.54, 1.807) is 0 Å². The Morgan fingerprint density at radius 3 is 2.71 bits per heavy atom. The maximum atomic E-state index is 11.7. The first kappa shape index (κ1) is 15.3. The second-order valence-corrected chi connectivity index (χ2v) is 5.30. The first-order valence-corrected chi connectivity index (χ1v) is 7.23. The minimum atomic E-state index is -0.0733. The van der Waals surface area contributed by atoms with Crippen molar-refractivity contribution in [1.29, 1.82) is 0 Å². The Kier molecular flexibility index (Phi) is 5.57. The third kappa shape index (κ3) is 5.43. The van der Waals surface area contributed by atoms with E-state index in [-0.39, 0.29) is 17.8 Å². The fraction of sp³-hybridized carbons (Fsp3) is 0.467. The third-order valence-electron chi connectivity index (χ3n) is 3.43. The highest BCUT2D eigenvalue weighted by molar-refractivity contribution is 5.80. The predicted molar refractivity (Wildman–Crippen MR) is 81.0 cm³/mol. The number of rotatable bonds is 8. The van der Waals surface area contributed by atoms with Gasteiger partial charge in [0, 0.05) is 31.5 Å². The number of carbonyl (C=O) groups excluding carboxylic acids is 1. The van der Waals surface area contributed by atoms with Gasteiger partial charge in [0.15, 0.2) is 0 Å². The number of benzene rings is 1. The molecule has 1 aromatic rings. The molecule has 0 bridgehead atoms. The van der Waals surface area contributed by atoms with Gasteiger partial charge in [-0.15, -0.1) is 0 Å². The second kappa shape index (κ2) is 7.64. The minimum Gasteiger partial charge on any atom is -0.409 e. The normalized spacial score (nSPS) is 16.5. The number of oxime groups is 1. The number of carbonyl (C=O) groups is 1. The van der Waals surface area contributed by atoms with E-state index in [0.29, 0.717) is 25.4 Å². The van der Waals surface area contributed by atoms with Crippen molar-refractivity contribution >= 4 is 11.7 Å². The summed E-state index contributed by atoms with van der Waals surface area (Å²) in [5, 5.41) is 18.0.